The summed E-state index contributed by atoms with van der Waals surface area (Å²) in [5, 5.41) is 0.563. The molecule has 0 saturated carbocycles. The number of halogens is 1. The summed E-state index contributed by atoms with van der Waals surface area (Å²) in [5.41, 5.74) is 2.16. The lowest BCUT2D eigenvalue weighted by Crippen LogP contribution is -2.39. The Kier molecular flexibility index (Phi) is 6.02. The summed E-state index contributed by atoms with van der Waals surface area (Å²) in [6.45, 7) is 4.71. The molecule has 0 saturated heterocycles. The minimum atomic E-state index is -0.671. The van der Waals surface area contributed by atoms with Gasteiger partial charge < -0.3 is 14.2 Å². The van der Waals surface area contributed by atoms with Crippen molar-refractivity contribution in [1.82, 2.24) is 4.57 Å². The molecule has 34 heavy (non-hydrogen) atoms. The molecule has 174 valence electrons. The quantitative estimate of drug-likeness (QED) is 0.518. The normalized spacial score (nSPS) is 17.3. The van der Waals surface area contributed by atoms with Gasteiger partial charge in [-0.3, -0.25) is 9.36 Å². The molecule has 0 unspecified atom stereocenters. The van der Waals surface area contributed by atoms with Crippen LogP contribution in [0.15, 0.2) is 63.5 Å². The Morgan fingerprint density at radius 3 is 2.68 bits per heavy atom. The smallest absolute Gasteiger partial charge is 0.338 e. The summed E-state index contributed by atoms with van der Waals surface area (Å²) in [4.78, 5) is 31.6. The molecule has 0 spiro atoms. The Morgan fingerprint density at radius 1 is 1.21 bits per heavy atom. The van der Waals surface area contributed by atoms with Gasteiger partial charge in [-0.2, -0.15) is 0 Å². The number of hydrogen-bond donors (Lipinski definition) is 0. The maximum absolute atomic E-state index is 13.6. The van der Waals surface area contributed by atoms with E-state index in [-0.39, 0.29) is 12.2 Å². The molecule has 2 aliphatic heterocycles. The maximum Gasteiger partial charge on any atom is 0.338 e. The first-order chi connectivity index (χ1) is 16.5. The summed E-state index contributed by atoms with van der Waals surface area (Å²) < 4.78 is 18.6. The highest BCUT2D eigenvalue weighted by molar-refractivity contribution is 7.07. The van der Waals surface area contributed by atoms with Gasteiger partial charge in [-0.05, 0) is 55.3 Å². The van der Waals surface area contributed by atoms with Gasteiger partial charge in [-0.1, -0.05) is 41.1 Å². The lowest BCUT2D eigenvalue weighted by atomic mass is 9.96. The van der Waals surface area contributed by atoms with Crippen LogP contribution in [0.3, 0.4) is 0 Å². The minimum Gasteiger partial charge on any atom is -0.486 e. The number of aromatic nitrogens is 1. The van der Waals surface area contributed by atoms with Crippen molar-refractivity contribution in [3.05, 3.63) is 89.6 Å². The van der Waals surface area contributed by atoms with E-state index in [1.807, 2.05) is 30.3 Å². The van der Waals surface area contributed by atoms with E-state index in [9.17, 15) is 9.59 Å². The van der Waals surface area contributed by atoms with Gasteiger partial charge in [-0.25, -0.2) is 9.79 Å². The SMILES string of the molecule is CCOC(=O)C1=C(C)N=c2s/c(=C\c3ccc4c(c3)OCCO4)c(=O)n2[C@H]1c1ccc(Cl)cc1. The molecule has 1 aromatic heterocycles. The zero-order chi connectivity index (χ0) is 23.8. The predicted molar refractivity (Wildman–Crippen MR) is 129 cm³/mol. The first-order valence-corrected chi connectivity index (χ1v) is 12.0. The zero-order valence-electron chi connectivity index (χ0n) is 18.5. The Morgan fingerprint density at radius 2 is 1.94 bits per heavy atom. The maximum atomic E-state index is 13.6. The Balaban J connectivity index is 1.67. The number of rotatable bonds is 4. The van der Waals surface area contributed by atoms with Crippen LogP contribution in [0.4, 0.5) is 0 Å². The zero-order valence-corrected chi connectivity index (χ0v) is 20.1. The summed E-state index contributed by atoms with van der Waals surface area (Å²) in [6, 6.07) is 12.0. The predicted octanol–water partition coefficient (Wildman–Crippen LogP) is 3.22. The largest absolute Gasteiger partial charge is 0.486 e. The summed E-state index contributed by atoms with van der Waals surface area (Å²) in [5.74, 6) is 0.833. The van der Waals surface area contributed by atoms with Crippen LogP contribution >= 0.6 is 22.9 Å². The van der Waals surface area contributed by atoms with Crippen LogP contribution in [-0.2, 0) is 9.53 Å². The van der Waals surface area contributed by atoms with Crippen molar-refractivity contribution >= 4 is 35.0 Å². The molecule has 0 aliphatic carbocycles. The second-order valence-electron chi connectivity index (χ2n) is 7.76. The first kappa shape index (κ1) is 22.4. The van der Waals surface area contributed by atoms with Crippen molar-refractivity contribution in [2.24, 2.45) is 4.99 Å². The van der Waals surface area contributed by atoms with Crippen molar-refractivity contribution in [1.29, 1.82) is 0 Å². The minimum absolute atomic E-state index is 0.220. The molecule has 2 aliphatic rings. The second kappa shape index (κ2) is 9.12. The Labute approximate surface area is 204 Å². The summed E-state index contributed by atoms with van der Waals surface area (Å²) >= 11 is 7.36. The van der Waals surface area contributed by atoms with Crippen molar-refractivity contribution < 1.29 is 19.0 Å². The van der Waals surface area contributed by atoms with Crippen LogP contribution in [0.1, 0.15) is 31.0 Å². The molecule has 0 amide bonds. The third-order valence-electron chi connectivity index (χ3n) is 5.57. The van der Waals surface area contributed by atoms with E-state index in [1.165, 1.54) is 11.3 Å². The molecule has 9 heteroatoms. The third-order valence-corrected chi connectivity index (χ3v) is 6.80. The van der Waals surface area contributed by atoms with Gasteiger partial charge in [0.1, 0.15) is 13.2 Å². The number of allylic oxidation sites excluding steroid dienone is 1. The van der Waals surface area contributed by atoms with Gasteiger partial charge >= 0.3 is 5.97 Å². The molecule has 7 nitrogen and oxygen atoms in total. The average molecular weight is 497 g/mol. The van der Waals surface area contributed by atoms with Crippen molar-refractivity contribution in [3.63, 3.8) is 0 Å². The molecular formula is C25H21ClN2O5S. The van der Waals surface area contributed by atoms with E-state index in [2.05, 4.69) is 4.99 Å². The van der Waals surface area contributed by atoms with Gasteiger partial charge in [0.05, 0.1) is 28.5 Å². The van der Waals surface area contributed by atoms with E-state index in [0.29, 0.717) is 50.3 Å². The molecule has 1 atom stereocenters. The number of carbonyl (C=O) groups is 1. The van der Waals surface area contributed by atoms with Gasteiger partial charge in [0.2, 0.25) is 0 Å². The number of ether oxygens (including phenoxy) is 3. The van der Waals surface area contributed by atoms with Gasteiger partial charge in [0.15, 0.2) is 16.3 Å². The number of fused-ring (bicyclic) bond motifs is 2. The summed E-state index contributed by atoms with van der Waals surface area (Å²) in [7, 11) is 0. The Bertz CT molecular complexity index is 1490. The fraction of sp³-hybridized carbons (Fsp3) is 0.240. The van der Waals surface area contributed by atoms with Crippen LogP contribution in [0.25, 0.3) is 6.08 Å². The van der Waals surface area contributed by atoms with Crippen LogP contribution < -0.4 is 24.4 Å². The monoisotopic (exact) mass is 496 g/mol. The number of nitrogens with zero attached hydrogens (tertiary/aromatic N) is 2. The number of thiazole rings is 1. The highest BCUT2D eigenvalue weighted by Crippen LogP contribution is 2.32. The third kappa shape index (κ3) is 4.03. The number of benzene rings is 2. The fourth-order valence-corrected chi connectivity index (χ4v) is 5.23. The van der Waals surface area contributed by atoms with Crippen LogP contribution in [-0.4, -0.2) is 30.4 Å². The van der Waals surface area contributed by atoms with Crippen LogP contribution in [0.2, 0.25) is 5.02 Å². The Hall–Kier alpha value is -3.36. The van der Waals surface area contributed by atoms with Crippen LogP contribution in [0, 0.1) is 0 Å². The van der Waals surface area contributed by atoms with E-state index < -0.39 is 12.0 Å². The fourth-order valence-electron chi connectivity index (χ4n) is 4.05. The van der Waals surface area contributed by atoms with Gasteiger partial charge in [-0.15, -0.1) is 0 Å². The highest BCUT2D eigenvalue weighted by atomic mass is 35.5. The van der Waals surface area contributed by atoms with Gasteiger partial charge in [0, 0.05) is 5.02 Å². The molecule has 2 aromatic carbocycles. The van der Waals surface area contributed by atoms with E-state index in [1.54, 1.807) is 36.6 Å². The van der Waals surface area contributed by atoms with Crippen molar-refractivity contribution in [2.45, 2.75) is 19.9 Å². The van der Waals surface area contributed by atoms with Gasteiger partial charge in [0.25, 0.3) is 5.56 Å². The molecule has 0 radical (unpaired) electrons. The number of hydrogen-bond acceptors (Lipinski definition) is 7. The lowest BCUT2D eigenvalue weighted by Gasteiger charge is -2.24. The summed E-state index contributed by atoms with van der Waals surface area (Å²) in [6.07, 6.45) is 1.80. The van der Waals surface area contributed by atoms with Crippen LogP contribution in [0.5, 0.6) is 11.5 Å². The molecule has 3 heterocycles. The molecule has 5 rings (SSSR count). The van der Waals surface area contributed by atoms with Crippen molar-refractivity contribution in [2.75, 3.05) is 19.8 Å². The molecule has 3 aromatic rings. The van der Waals surface area contributed by atoms with E-state index in [0.717, 1.165) is 11.1 Å². The number of esters is 1. The molecule has 0 bridgehead atoms. The molecular weight excluding hydrogens is 476 g/mol. The lowest BCUT2D eigenvalue weighted by molar-refractivity contribution is -0.139. The van der Waals surface area contributed by atoms with Crippen molar-refractivity contribution in [3.8, 4) is 11.5 Å². The molecule has 0 fully saturated rings. The van der Waals surface area contributed by atoms with E-state index >= 15 is 0 Å². The van der Waals surface area contributed by atoms with E-state index in [4.69, 9.17) is 25.8 Å². The highest BCUT2D eigenvalue weighted by Gasteiger charge is 2.33. The average Bonchev–Trinajstić information content (AvgIpc) is 3.13. The molecule has 0 N–H and O–H groups in total. The number of carbonyl (C=O) groups excluding carboxylic acids is 1. The standard InChI is InChI=1S/C25H21ClN2O5S/c1-3-31-24(30)21-14(2)27-25-28(22(21)16-5-7-17(26)8-6-16)23(29)20(34-25)13-15-4-9-18-19(12-15)33-11-10-32-18/h4-9,12-13,22H,3,10-11H2,1-2H3/b20-13-/t22-/m0/s1. The first-order valence-electron chi connectivity index (χ1n) is 10.8. The second-order valence-corrected chi connectivity index (χ2v) is 9.20. The topological polar surface area (TPSA) is 79.1 Å².